The van der Waals surface area contributed by atoms with Crippen molar-refractivity contribution in [3.05, 3.63) is 70.8 Å². The van der Waals surface area contributed by atoms with Gasteiger partial charge in [-0.2, -0.15) is 0 Å². The highest BCUT2D eigenvalue weighted by molar-refractivity contribution is 5.95. The summed E-state index contributed by atoms with van der Waals surface area (Å²) in [6.07, 6.45) is 0.161. The number of hydrogen-bond acceptors (Lipinski definition) is 2. The zero-order chi connectivity index (χ0) is 18.7. The van der Waals surface area contributed by atoms with Crippen LogP contribution in [0.5, 0.6) is 0 Å². The first-order chi connectivity index (χ1) is 12.5. The molecule has 3 rings (SSSR count). The first kappa shape index (κ1) is 18.0. The Hall–Kier alpha value is -2.76. The number of benzene rings is 2. The fourth-order valence-corrected chi connectivity index (χ4v) is 3.11. The summed E-state index contributed by atoms with van der Waals surface area (Å²) in [5.74, 6) is -2.85. The van der Waals surface area contributed by atoms with E-state index in [1.54, 1.807) is 4.90 Å². The fraction of sp³-hybridized carbons (Fsp3) is 0.300. The summed E-state index contributed by atoms with van der Waals surface area (Å²) in [4.78, 5) is 28.0. The molecule has 6 heteroatoms. The van der Waals surface area contributed by atoms with Gasteiger partial charge in [-0.25, -0.2) is 8.78 Å². The third-order valence-corrected chi connectivity index (χ3v) is 4.51. The molecule has 0 aliphatic carbocycles. The molecule has 2 aromatic carbocycles. The average molecular weight is 358 g/mol. The van der Waals surface area contributed by atoms with Crippen molar-refractivity contribution in [2.45, 2.75) is 19.9 Å². The summed E-state index contributed by atoms with van der Waals surface area (Å²) in [5, 5.41) is 0. The largest absolute Gasteiger partial charge is 0.337 e. The maximum atomic E-state index is 13.9. The van der Waals surface area contributed by atoms with E-state index >= 15 is 0 Å². The lowest BCUT2D eigenvalue weighted by Crippen LogP contribution is -2.36. The maximum absolute atomic E-state index is 13.9. The Morgan fingerprint density at radius 3 is 2.62 bits per heavy atom. The molecule has 1 saturated heterocycles. The highest BCUT2D eigenvalue weighted by Crippen LogP contribution is 2.17. The smallest absolute Gasteiger partial charge is 0.257 e. The van der Waals surface area contributed by atoms with Crippen LogP contribution in [-0.4, -0.2) is 41.2 Å². The molecule has 0 bridgehead atoms. The Morgan fingerprint density at radius 1 is 1.08 bits per heavy atom. The van der Waals surface area contributed by atoms with Crippen molar-refractivity contribution in [3.63, 3.8) is 0 Å². The van der Waals surface area contributed by atoms with Crippen molar-refractivity contribution in [1.82, 2.24) is 9.80 Å². The predicted octanol–water partition coefficient (Wildman–Crippen LogP) is 3.15. The van der Waals surface area contributed by atoms with E-state index in [1.165, 1.54) is 17.0 Å². The van der Waals surface area contributed by atoms with Gasteiger partial charge in [0.1, 0.15) is 0 Å². The Bertz CT molecular complexity index is 838. The molecule has 0 unspecified atom stereocenters. The predicted molar refractivity (Wildman–Crippen MR) is 93.5 cm³/mol. The minimum absolute atomic E-state index is 0.0541. The summed E-state index contributed by atoms with van der Waals surface area (Å²) in [7, 11) is 0. The van der Waals surface area contributed by atoms with Crippen molar-refractivity contribution in [3.8, 4) is 0 Å². The third-order valence-electron chi connectivity index (χ3n) is 4.51. The quantitative estimate of drug-likeness (QED) is 0.846. The molecule has 0 saturated carbocycles. The van der Waals surface area contributed by atoms with E-state index in [4.69, 9.17) is 0 Å². The van der Waals surface area contributed by atoms with Gasteiger partial charge in [-0.15, -0.1) is 0 Å². The van der Waals surface area contributed by atoms with Gasteiger partial charge in [-0.05, 0) is 24.6 Å². The van der Waals surface area contributed by atoms with E-state index < -0.39 is 17.5 Å². The molecular weight excluding hydrogens is 338 g/mol. The van der Waals surface area contributed by atoms with Crippen LogP contribution < -0.4 is 0 Å². The van der Waals surface area contributed by atoms with E-state index in [0.29, 0.717) is 13.1 Å². The molecule has 1 fully saturated rings. The van der Waals surface area contributed by atoms with E-state index in [0.717, 1.165) is 17.2 Å². The van der Waals surface area contributed by atoms with Gasteiger partial charge in [0.15, 0.2) is 11.6 Å². The second-order valence-corrected chi connectivity index (χ2v) is 6.45. The van der Waals surface area contributed by atoms with Gasteiger partial charge in [0.05, 0.1) is 5.56 Å². The van der Waals surface area contributed by atoms with Crippen LogP contribution in [0.3, 0.4) is 0 Å². The van der Waals surface area contributed by atoms with Crippen molar-refractivity contribution < 1.29 is 18.4 Å². The Labute approximate surface area is 151 Å². The number of aryl methyl sites for hydroxylation is 1. The van der Waals surface area contributed by atoms with E-state index in [1.807, 2.05) is 31.2 Å². The maximum Gasteiger partial charge on any atom is 0.257 e. The van der Waals surface area contributed by atoms with Crippen LogP contribution in [0.1, 0.15) is 27.9 Å². The zero-order valence-corrected chi connectivity index (χ0v) is 14.5. The van der Waals surface area contributed by atoms with Crippen LogP contribution in [0.25, 0.3) is 0 Å². The molecule has 1 aliphatic rings. The SMILES string of the molecule is Cc1cccc(CN2CCN(C(=O)c3cccc(F)c3F)CCC2=O)c1. The summed E-state index contributed by atoms with van der Waals surface area (Å²) in [6, 6.07) is 11.4. The standard InChI is InChI=1S/C20H20F2N2O2/c1-14-4-2-5-15(12-14)13-24-11-10-23(9-8-18(24)25)20(26)16-6-3-7-17(21)19(16)22/h2-7,12H,8-11,13H2,1H3. The van der Waals surface area contributed by atoms with Crippen molar-refractivity contribution >= 4 is 11.8 Å². The number of halogens is 2. The summed E-state index contributed by atoms with van der Waals surface area (Å²) in [6.45, 7) is 3.29. The Kier molecular flexibility index (Phi) is 5.30. The van der Waals surface area contributed by atoms with Crippen molar-refractivity contribution in [2.24, 2.45) is 0 Å². The van der Waals surface area contributed by atoms with Gasteiger partial charge >= 0.3 is 0 Å². The number of amides is 2. The highest BCUT2D eigenvalue weighted by atomic mass is 19.2. The van der Waals surface area contributed by atoms with E-state index in [9.17, 15) is 18.4 Å². The molecule has 136 valence electrons. The molecule has 2 aromatic rings. The van der Waals surface area contributed by atoms with Crippen LogP contribution in [0.2, 0.25) is 0 Å². The van der Waals surface area contributed by atoms with Crippen LogP contribution in [0.15, 0.2) is 42.5 Å². The normalized spacial score (nSPS) is 15.1. The Balaban J connectivity index is 1.71. The van der Waals surface area contributed by atoms with Gasteiger partial charge in [0, 0.05) is 32.6 Å². The topological polar surface area (TPSA) is 40.6 Å². The molecule has 0 radical (unpaired) electrons. The fourth-order valence-electron chi connectivity index (χ4n) is 3.11. The lowest BCUT2D eigenvalue weighted by Gasteiger charge is -2.22. The molecule has 4 nitrogen and oxygen atoms in total. The van der Waals surface area contributed by atoms with Gasteiger partial charge in [0.25, 0.3) is 5.91 Å². The molecule has 1 heterocycles. The van der Waals surface area contributed by atoms with Crippen molar-refractivity contribution in [1.29, 1.82) is 0 Å². The van der Waals surface area contributed by atoms with Crippen LogP contribution >= 0.6 is 0 Å². The number of hydrogen-bond donors (Lipinski definition) is 0. The second kappa shape index (κ2) is 7.64. The molecule has 0 aromatic heterocycles. The molecule has 0 spiro atoms. The van der Waals surface area contributed by atoms with Crippen LogP contribution in [0.4, 0.5) is 8.78 Å². The second-order valence-electron chi connectivity index (χ2n) is 6.45. The first-order valence-corrected chi connectivity index (χ1v) is 8.52. The van der Waals surface area contributed by atoms with Gasteiger partial charge in [0.2, 0.25) is 5.91 Å². The lowest BCUT2D eigenvalue weighted by molar-refractivity contribution is -0.130. The van der Waals surface area contributed by atoms with Crippen LogP contribution in [0, 0.1) is 18.6 Å². The molecule has 26 heavy (non-hydrogen) atoms. The number of rotatable bonds is 3. The minimum atomic E-state index is -1.15. The molecule has 0 atom stereocenters. The zero-order valence-electron chi connectivity index (χ0n) is 14.5. The van der Waals surface area contributed by atoms with Gasteiger partial charge in [-0.1, -0.05) is 35.9 Å². The summed E-state index contributed by atoms with van der Waals surface area (Å²) >= 11 is 0. The number of carbonyl (C=O) groups is 2. The van der Waals surface area contributed by atoms with Gasteiger partial charge in [-0.3, -0.25) is 9.59 Å². The number of nitrogens with zero attached hydrogens (tertiary/aromatic N) is 2. The van der Waals surface area contributed by atoms with Crippen LogP contribution in [-0.2, 0) is 11.3 Å². The highest BCUT2D eigenvalue weighted by Gasteiger charge is 2.26. The third kappa shape index (κ3) is 3.90. The average Bonchev–Trinajstić information content (AvgIpc) is 2.79. The summed E-state index contributed by atoms with van der Waals surface area (Å²) < 4.78 is 27.3. The Morgan fingerprint density at radius 2 is 1.85 bits per heavy atom. The van der Waals surface area contributed by atoms with E-state index in [2.05, 4.69) is 0 Å². The monoisotopic (exact) mass is 358 g/mol. The molecule has 2 amide bonds. The van der Waals surface area contributed by atoms with Gasteiger partial charge < -0.3 is 9.80 Å². The summed E-state index contributed by atoms with van der Waals surface area (Å²) in [5.41, 5.74) is 1.84. The molecule has 0 N–H and O–H groups in total. The molecule has 1 aliphatic heterocycles. The minimum Gasteiger partial charge on any atom is -0.337 e. The molecular formula is C20H20F2N2O2. The van der Waals surface area contributed by atoms with E-state index in [-0.39, 0.29) is 31.0 Å². The van der Waals surface area contributed by atoms with Crippen molar-refractivity contribution in [2.75, 3.05) is 19.6 Å². The first-order valence-electron chi connectivity index (χ1n) is 8.52. The number of carbonyl (C=O) groups excluding carboxylic acids is 2. The lowest BCUT2D eigenvalue weighted by atomic mass is 10.1.